The van der Waals surface area contributed by atoms with Gasteiger partial charge in [-0.2, -0.15) is 0 Å². The van der Waals surface area contributed by atoms with Crippen molar-refractivity contribution in [3.8, 4) is 5.75 Å². The first kappa shape index (κ1) is 24.7. The summed E-state index contributed by atoms with van der Waals surface area (Å²) in [4.78, 5) is 26.8. The van der Waals surface area contributed by atoms with Crippen LogP contribution >= 0.6 is 0 Å². The molecular formula is C23H29N3O6S. The van der Waals surface area contributed by atoms with Gasteiger partial charge in [-0.15, -0.1) is 0 Å². The first-order chi connectivity index (χ1) is 15.9. The predicted octanol–water partition coefficient (Wildman–Crippen LogP) is 1.69. The van der Waals surface area contributed by atoms with Crippen LogP contribution in [0.25, 0.3) is 0 Å². The Hall–Kier alpha value is -2.95. The lowest BCUT2D eigenvalue weighted by Gasteiger charge is -2.23. The van der Waals surface area contributed by atoms with Crippen molar-refractivity contribution in [3.63, 3.8) is 0 Å². The van der Waals surface area contributed by atoms with Crippen LogP contribution in [0.2, 0.25) is 0 Å². The molecule has 2 N–H and O–H groups in total. The number of hydrogen-bond acceptors (Lipinski definition) is 6. The minimum Gasteiger partial charge on any atom is -0.494 e. The van der Waals surface area contributed by atoms with Crippen LogP contribution in [-0.2, 0) is 24.3 Å². The molecule has 0 aliphatic carbocycles. The Labute approximate surface area is 194 Å². The zero-order valence-corrected chi connectivity index (χ0v) is 19.3. The van der Waals surface area contributed by atoms with Crippen molar-refractivity contribution in [1.82, 2.24) is 10.0 Å². The molecule has 1 unspecified atom stereocenters. The fraction of sp³-hybridized carbons (Fsp3) is 0.391. The Bertz CT molecular complexity index is 1020. The van der Waals surface area contributed by atoms with Crippen LogP contribution in [-0.4, -0.2) is 59.2 Å². The van der Waals surface area contributed by atoms with Crippen molar-refractivity contribution in [3.05, 3.63) is 54.6 Å². The Morgan fingerprint density at radius 2 is 1.85 bits per heavy atom. The molecule has 1 saturated heterocycles. The SMILES string of the molecule is CCOc1ccc(N(CC(=O)NCC2CCCO2)C(=O)CNS(=O)(=O)c2ccccc2)cc1. The van der Waals surface area contributed by atoms with Gasteiger partial charge < -0.3 is 19.7 Å². The molecule has 10 heteroatoms. The summed E-state index contributed by atoms with van der Waals surface area (Å²) in [6.07, 6.45) is 1.81. The van der Waals surface area contributed by atoms with Gasteiger partial charge >= 0.3 is 0 Å². The fourth-order valence-electron chi connectivity index (χ4n) is 3.38. The molecule has 3 rings (SSSR count). The molecule has 2 aromatic carbocycles. The van der Waals surface area contributed by atoms with E-state index < -0.39 is 22.5 Å². The summed E-state index contributed by atoms with van der Waals surface area (Å²) in [5.41, 5.74) is 0.453. The van der Waals surface area contributed by atoms with Gasteiger partial charge in [0.2, 0.25) is 21.8 Å². The van der Waals surface area contributed by atoms with E-state index in [1.54, 1.807) is 42.5 Å². The van der Waals surface area contributed by atoms with E-state index in [4.69, 9.17) is 9.47 Å². The van der Waals surface area contributed by atoms with E-state index in [9.17, 15) is 18.0 Å². The number of carbonyl (C=O) groups is 2. The van der Waals surface area contributed by atoms with Crippen molar-refractivity contribution in [2.45, 2.75) is 30.8 Å². The topological polar surface area (TPSA) is 114 Å². The van der Waals surface area contributed by atoms with E-state index in [1.165, 1.54) is 17.0 Å². The van der Waals surface area contributed by atoms with Crippen molar-refractivity contribution < 1.29 is 27.5 Å². The fourth-order valence-corrected chi connectivity index (χ4v) is 4.38. The summed E-state index contributed by atoms with van der Waals surface area (Å²) in [7, 11) is -3.87. The van der Waals surface area contributed by atoms with E-state index in [2.05, 4.69) is 10.0 Å². The summed E-state index contributed by atoms with van der Waals surface area (Å²) in [6.45, 7) is 2.65. The highest BCUT2D eigenvalue weighted by Gasteiger charge is 2.23. The molecule has 0 bridgehead atoms. The molecule has 0 radical (unpaired) electrons. The highest BCUT2D eigenvalue weighted by Crippen LogP contribution is 2.20. The van der Waals surface area contributed by atoms with Crippen LogP contribution in [0.1, 0.15) is 19.8 Å². The van der Waals surface area contributed by atoms with Gasteiger partial charge in [-0.05, 0) is 56.2 Å². The smallest absolute Gasteiger partial charge is 0.242 e. The van der Waals surface area contributed by atoms with Crippen LogP contribution in [0, 0.1) is 0 Å². The van der Waals surface area contributed by atoms with Gasteiger partial charge in [0.15, 0.2) is 0 Å². The lowest BCUT2D eigenvalue weighted by atomic mass is 10.2. The van der Waals surface area contributed by atoms with Crippen molar-refractivity contribution in [1.29, 1.82) is 0 Å². The molecule has 0 saturated carbocycles. The zero-order valence-electron chi connectivity index (χ0n) is 18.5. The summed E-state index contributed by atoms with van der Waals surface area (Å²) in [5.74, 6) is -0.300. The highest BCUT2D eigenvalue weighted by atomic mass is 32.2. The van der Waals surface area contributed by atoms with E-state index >= 15 is 0 Å². The minimum atomic E-state index is -3.87. The van der Waals surface area contributed by atoms with Crippen LogP contribution in [0.3, 0.4) is 0 Å². The summed E-state index contributed by atoms with van der Waals surface area (Å²) in [6, 6.07) is 14.5. The number of carbonyl (C=O) groups excluding carboxylic acids is 2. The molecule has 9 nitrogen and oxygen atoms in total. The summed E-state index contributed by atoms with van der Waals surface area (Å²) >= 11 is 0. The maximum absolute atomic E-state index is 13.0. The van der Waals surface area contributed by atoms with Crippen molar-refractivity contribution in [2.75, 3.05) is 37.7 Å². The number of nitrogens with zero attached hydrogens (tertiary/aromatic N) is 1. The quantitative estimate of drug-likeness (QED) is 0.511. The highest BCUT2D eigenvalue weighted by molar-refractivity contribution is 7.89. The first-order valence-electron chi connectivity index (χ1n) is 10.9. The maximum Gasteiger partial charge on any atom is 0.242 e. The standard InChI is InChI=1S/C23H29N3O6S/c1-2-31-19-12-10-18(11-13-19)26(17-22(27)24-15-20-7-6-14-32-20)23(28)16-25-33(29,30)21-8-4-3-5-9-21/h3-5,8-13,20,25H,2,6-7,14-17H2,1H3,(H,24,27). The van der Waals surface area contributed by atoms with E-state index in [0.29, 0.717) is 31.2 Å². The second kappa shape index (κ2) is 11.8. The molecule has 0 spiro atoms. The van der Waals surface area contributed by atoms with Gasteiger partial charge in [-0.1, -0.05) is 18.2 Å². The number of benzene rings is 2. The van der Waals surface area contributed by atoms with Crippen LogP contribution in [0.15, 0.2) is 59.5 Å². The second-order valence-electron chi connectivity index (χ2n) is 7.48. The lowest BCUT2D eigenvalue weighted by Crippen LogP contribution is -2.46. The molecule has 33 heavy (non-hydrogen) atoms. The van der Waals surface area contributed by atoms with Crippen molar-refractivity contribution >= 4 is 27.5 Å². The molecule has 2 aromatic rings. The number of amides is 2. The Kier molecular flexibility index (Phi) is 8.81. The van der Waals surface area contributed by atoms with Crippen LogP contribution in [0.5, 0.6) is 5.75 Å². The monoisotopic (exact) mass is 475 g/mol. The number of ether oxygens (including phenoxy) is 2. The van der Waals surface area contributed by atoms with Gasteiger partial charge in [0, 0.05) is 18.8 Å². The molecule has 0 aromatic heterocycles. The van der Waals surface area contributed by atoms with Gasteiger partial charge in [-0.3, -0.25) is 9.59 Å². The van der Waals surface area contributed by atoms with Gasteiger partial charge in [-0.25, -0.2) is 13.1 Å². The maximum atomic E-state index is 13.0. The predicted molar refractivity (Wildman–Crippen MR) is 124 cm³/mol. The van der Waals surface area contributed by atoms with Gasteiger partial charge in [0.25, 0.3) is 0 Å². The van der Waals surface area contributed by atoms with E-state index in [0.717, 1.165) is 12.8 Å². The number of sulfonamides is 1. The average molecular weight is 476 g/mol. The molecule has 178 valence electrons. The van der Waals surface area contributed by atoms with Crippen LogP contribution in [0.4, 0.5) is 5.69 Å². The molecule has 1 fully saturated rings. The number of rotatable bonds is 11. The summed E-state index contributed by atoms with van der Waals surface area (Å²) < 4.78 is 38.2. The lowest BCUT2D eigenvalue weighted by molar-refractivity contribution is -0.123. The Balaban J connectivity index is 1.69. The molecule has 2 amide bonds. The van der Waals surface area contributed by atoms with Gasteiger partial charge in [0.1, 0.15) is 12.3 Å². The van der Waals surface area contributed by atoms with Crippen molar-refractivity contribution in [2.24, 2.45) is 0 Å². The molecule has 1 atom stereocenters. The largest absolute Gasteiger partial charge is 0.494 e. The molecule has 1 heterocycles. The Morgan fingerprint density at radius 1 is 1.12 bits per heavy atom. The third kappa shape index (κ3) is 7.28. The van der Waals surface area contributed by atoms with Gasteiger partial charge in [0.05, 0.1) is 24.2 Å². The molecular weight excluding hydrogens is 446 g/mol. The average Bonchev–Trinajstić information content (AvgIpc) is 3.35. The molecule has 1 aliphatic heterocycles. The van der Waals surface area contributed by atoms with E-state index in [1.807, 2.05) is 6.92 Å². The second-order valence-corrected chi connectivity index (χ2v) is 9.25. The minimum absolute atomic E-state index is 0.0266. The number of anilines is 1. The zero-order chi connectivity index (χ0) is 23.7. The summed E-state index contributed by atoms with van der Waals surface area (Å²) in [5, 5.41) is 2.79. The van der Waals surface area contributed by atoms with Crippen LogP contribution < -0.4 is 19.7 Å². The third-order valence-corrected chi connectivity index (χ3v) is 6.50. The number of hydrogen-bond donors (Lipinski definition) is 2. The van der Waals surface area contributed by atoms with E-state index in [-0.39, 0.29) is 23.5 Å². The number of nitrogens with one attached hydrogen (secondary N) is 2. The first-order valence-corrected chi connectivity index (χ1v) is 12.3. The molecule has 1 aliphatic rings. The normalized spacial score (nSPS) is 15.7. The third-order valence-electron chi connectivity index (χ3n) is 5.08. The Morgan fingerprint density at radius 3 is 2.48 bits per heavy atom.